The molecule has 0 radical (unpaired) electrons. The largest absolute Gasteiger partial charge is 0.345 e. The lowest BCUT2D eigenvalue weighted by Crippen LogP contribution is -2.32. The van der Waals surface area contributed by atoms with Crippen molar-refractivity contribution in [3.63, 3.8) is 0 Å². The maximum atomic E-state index is 12.6. The number of aromatic nitrogens is 4. The van der Waals surface area contributed by atoms with Gasteiger partial charge in [0.15, 0.2) is 5.82 Å². The van der Waals surface area contributed by atoms with Crippen LogP contribution in [0, 0.1) is 0 Å². The van der Waals surface area contributed by atoms with Gasteiger partial charge in [-0.25, -0.2) is 9.78 Å². The van der Waals surface area contributed by atoms with Gasteiger partial charge in [-0.3, -0.25) is 4.79 Å². The van der Waals surface area contributed by atoms with Crippen LogP contribution in [-0.4, -0.2) is 37.5 Å². The molecular formula is C16H21N5O3. The first-order valence-corrected chi connectivity index (χ1v) is 8.22. The smallest absolute Gasteiger partial charge is 0.339 e. The minimum atomic E-state index is -0.390. The summed E-state index contributed by atoms with van der Waals surface area (Å²) in [6.45, 7) is 4.67. The van der Waals surface area contributed by atoms with Gasteiger partial charge in [0, 0.05) is 37.2 Å². The number of H-pyrrole nitrogens is 1. The summed E-state index contributed by atoms with van der Waals surface area (Å²) in [6, 6.07) is 1.66. The minimum Gasteiger partial charge on any atom is -0.339 e. The molecule has 0 bridgehead atoms. The number of nitrogens with zero attached hydrogens (tertiary/aromatic N) is 4. The molecule has 0 aromatic carbocycles. The van der Waals surface area contributed by atoms with E-state index in [-0.39, 0.29) is 23.6 Å². The van der Waals surface area contributed by atoms with E-state index in [4.69, 9.17) is 4.52 Å². The second-order valence-electron chi connectivity index (χ2n) is 6.28. The predicted molar refractivity (Wildman–Crippen MR) is 85.3 cm³/mol. The fourth-order valence-corrected chi connectivity index (χ4v) is 2.93. The fraction of sp³-hybridized carbons (Fsp3) is 0.562. The minimum absolute atomic E-state index is 0.0273. The topological polar surface area (TPSA) is 105 Å². The zero-order valence-corrected chi connectivity index (χ0v) is 13.9. The van der Waals surface area contributed by atoms with Crippen LogP contribution in [0.15, 0.2) is 21.6 Å². The van der Waals surface area contributed by atoms with Gasteiger partial charge in [-0.1, -0.05) is 19.0 Å². The highest BCUT2D eigenvalue weighted by Gasteiger charge is 2.30. The molecule has 1 atom stereocenters. The highest BCUT2D eigenvalue weighted by atomic mass is 16.5. The Morgan fingerprint density at radius 2 is 2.33 bits per heavy atom. The van der Waals surface area contributed by atoms with Crippen LogP contribution in [0.3, 0.4) is 0 Å². The van der Waals surface area contributed by atoms with E-state index in [0.29, 0.717) is 31.1 Å². The van der Waals surface area contributed by atoms with E-state index >= 15 is 0 Å². The molecule has 128 valence electrons. The van der Waals surface area contributed by atoms with E-state index in [0.717, 1.165) is 18.5 Å². The quantitative estimate of drug-likeness (QED) is 0.891. The number of nitrogens with one attached hydrogen (secondary N) is 1. The lowest BCUT2D eigenvalue weighted by atomic mass is 10.1. The van der Waals surface area contributed by atoms with Crippen molar-refractivity contribution >= 4 is 5.91 Å². The molecule has 0 saturated carbocycles. The molecule has 0 spiro atoms. The second-order valence-corrected chi connectivity index (χ2v) is 6.28. The van der Waals surface area contributed by atoms with Gasteiger partial charge in [0.2, 0.25) is 11.8 Å². The van der Waals surface area contributed by atoms with E-state index in [1.165, 1.54) is 6.20 Å². The molecule has 1 unspecified atom stereocenters. The van der Waals surface area contributed by atoms with Gasteiger partial charge in [-0.05, 0) is 18.9 Å². The molecule has 1 saturated heterocycles. The van der Waals surface area contributed by atoms with Crippen molar-refractivity contribution in [3.05, 3.63) is 40.2 Å². The third kappa shape index (κ3) is 3.52. The van der Waals surface area contributed by atoms with E-state index in [9.17, 15) is 9.59 Å². The van der Waals surface area contributed by atoms with Crippen molar-refractivity contribution in [2.45, 2.75) is 51.5 Å². The average molecular weight is 331 g/mol. The van der Waals surface area contributed by atoms with Gasteiger partial charge in [-0.15, -0.1) is 0 Å². The zero-order valence-electron chi connectivity index (χ0n) is 13.9. The number of rotatable bonds is 5. The summed E-state index contributed by atoms with van der Waals surface area (Å²) in [5.74, 6) is 1.37. The standard InChI is InChI=1S/C16H21N5O3/c1-10(2)15-19-13(24-20-15)5-6-14(22)21-9-3-4-12(21)11-7-8-17-16(23)18-11/h7-8,10,12H,3-6,9H2,1-2H3,(H,17,18,23). The van der Waals surface area contributed by atoms with Gasteiger partial charge < -0.3 is 14.4 Å². The van der Waals surface area contributed by atoms with E-state index in [2.05, 4.69) is 20.1 Å². The van der Waals surface area contributed by atoms with Crippen LogP contribution < -0.4 is 5.69 Å². The molecule has 1 aliphatic rings. The van der Waals surface area contributed by atoms with Gasteiger partial charge >= 0.3 is 5.69 Å². The van der Waals surface area contributed by atoms with Crippen molar-refractivity contribution in [2.75, 3.05) is 6.54 Å². The highest BCUT2D eigenvalue weighted by molar-refractivity contribution is 5.77. The third-order valence-corrected chi connectivity index (χ3v) is 4.18. The van der Waals surface area contributed by atoms with Crippen molar-refractivity contribution in [3.8, 4) is 0 Å². The van der Waals surface area contributed by atoms with Gasteiger partial charge in [0.05, 0.1) is 6.04 Å². The molecule has 2 aromatic rings. The Morgan fingerprint density at radius 3 is 3.04 bits per heavy atom. The Kier molecular flexibility index (Phi) is 4.73. The SMILES string of the molecule is CC(C)c1noc(CCC(=O)N2CCCC2c2ccnc(=O)[nH]2)n1. The third-order valence-electron chi connectivity index (χ3n) is 4.18. The van der Waals surface area contributed by atoms with Crippen LogP contribution in [0.4, 0.5) is 0 Å². The van der Waals surface area contributed by atoms with Crippen molar-refractivity contribution in [2.24, 2.45) is 0 Å². The van der Waals surface area contributed by atoms with E-state index < -0.39 is 0 Å². The predicted octanol–water partition coefficient (Wildman–Crippen LogP) is 1.57. The molecule has 0 aliphatic carbocycles. The Hall–Kier alpha value is -2.51. The molecular weight excluding hydrogens is 310 g/mol. The molecule has 1 aliphatic heterocycles. The maximum Gasteiger partial charge on any atom is 0.345 e. The molecule has 24 heavy (non-hydrogen) atoms. The number of amides is 1. The number of hydrogen-bond donors (Lipinski definition) is 1. The Bertz CT molecular complexity index is 767. The molecule has 8 nitrogen and oxygen atoms in total. The van der Waals surface area contributed by atoms with Gasteiger partial charge in [-0.2, -0.15) is 4.98 Å². The average Bonchev–Trinajstić information content (AvgIpc) is 3.22. The number of hydrogen-bond acceptors (Lipinski definition) is 6. The summed E-state index contributed by atoms with van der Waals surface area (Å²) in [7, 11) is 0. The van der Waals surface area contributed by atoms with E-state index in [1.54, 1.807) is 6.07 Å². The Labute approximate surface area is 139 Å². The molecule has 3 rings (SSSR count). The number of carbonyl (C=O) groups is 1. The second kappa shape index (κ2) is 6.94. The number of likely N-dealkylation sites (tertiary alicyclic amines) is 1. The summed E-state index contributed by atoms with van der Waals surface area (Å²) in [5, 5.41) is 3.91. The lowest BCUT2D eigenvalue weighted by Gasteiger charge is -2.24. The van der Waals surface area contributed by atoms with Crippen LogP contribution in [0.1, 0.15) is 62.5 Å². The first-order valence-electron chi connectivity index (χ1n) is 8.22. The number of aromatic amines is 1. The summed E-state index contributed by atoms with van der Waals surface area (Å²) in [5.41, 5.74) is 0.347. The Morgan fingerprint density at radius 1 is 1.50 bits per heavy atom. The monoisotopic (exact) mass is 331 g/mol. The summed E-state index contributed by atoms with van der Waals surface area (Å²) in [6.07, 6.45) is 3.96. The van der Waals surface area contributed by atoms with Crippen LogP contribution in [0.25, 0.3) is 0 Å². The molecule has 8 heteroatoms. The maximum absolute atomic E-state index is 12.6. The fourth-order valence-electron chi connectivity index (χ4n) is 2.93. The first kappa shape index (κ1) is 16.4. The van der Waals surface area contributed by atoms with Crippen molar-refractivity contribution in [1.29, 1.82) is 0 Å². The summed E-state index contributed by atoms with van der Waals surface area (Å²) in [4.78, 5) is 36.4. The summed E-state index contributed by atoms with van der Waals surface area (Å²) >= 11 is 0. The van der Waals surface area contributed by atoms with Crippen LogP contribution in [0.2, 0.25) is 0 Å². The lowest BCUT2D eigenvalue weighted by molar-refractivity contribution is -0.132. The summed E-state index contributed by atoms with van der Waals surface area (Å²) < 4.78 is 5.18. The molecule has 2 aromatic heterocycles. The number of carbonyl (C=O) groups excluding carboxylic acids is 1. The number of aryl methyl sites for hydroxylation is 1. The molecule has 1 amide bonds. The van der Waals surface area contributed by atoms with Crippen LogP contribution in [-0.2, 0) is 11.2 Å². The normalized spacial score (nSPS) is 17.6. The van der Waals surface area contributed by atoms with Crippen LogP contribution in [0.5, 0.6) is 0 Å². The van der Waals surface area contributed by atoms with Crippen LogP contribution >= 0.6 is 0 Å². The van der Waals surface area contributed by atoms with Crippen molar-refractivity contribution in [1.82, 2.24) is 25.0 Å². The highest BCUT2D eigenvalue weighted by Crippen LogP contribution is 2.30. The molecule has 3 heterocycles. The first-order chi connectivity index (χ1) is 11.5. The Balaban J connectivity index is 1.64. The molecule has 1 N–H and O–H groups in total. The zero-order chi connectivity index (χ0) is 17.1. The van der Waals surface area contributed by atoms with Gasteiger partial charge in [0.25, 0.3) is 0 Å². The molecule has 1 fully saturated rings. The van der Waals surface area contributed by atoms with Crippen molar-refractivity contribution < 1.29 is 9.32 Å². The van der Waals surface area contributed by atoms with Gasteiger partial charge in [0.1, 0.15) is 0 Å². The van der Waals surface area contributed by atoms with E-state index in [1.807, 2.05) is 18.7 Å².